The molecular formula is C8H13F3N2O5S. The average Bonchev–Trinajstić information content (AvgIpc) is 3.07. The van der Waals surface area contributed by atoms with Crippen LogP contribution in [0.4, 0.5) is 13.2 Å². The molecule has 0 aromatic rings. The van der Waals surface area contributed by atoms with Crippen molar-refractivity contribution in [1.82, 2.24) is 4.41 Å². The van der Waals surface area contributed by atoms with Crippen LogP contribution in [0, 0.1) is 0 Å². The topological polar surface area (TPSA) is 102 Å². The Labute approximate surface area is 107 Å². The number of carbonyl (C=O) groups excluding carboxylic acids is 1. The summed E-state index contributed by atoms with van der Waals surface area (Å²) in [4.78, 5) is 11.3. The van der Waals surface area contributed by atoms with Crippen LogP contribution in [0.2, 0.25) is 0 Å². The van der Waals surface area contributed by atoms with Crippen LogP contribution >= 0.6 is 0 Å². The monoisotopic (exact) mass is 306 g/mol. The molecule has 0 bridgehead atoms. The van der Waals surface area contributed by atoms with E-state index >= 15 is 0 Å². The Bertz CT molecular complexity index is 434. The lowest BCUT2D eigenvalue weighted by molar-refractivity contribution is -0.130. The van der Waals surface area contributed by atoms with Gasteiger partial charge < -0.3 is 9.47 Å². The zero-order valence-electron chi connectivity index (χ0n) is 9.88. The Balaban J connectivity index is 2.51. The minimum atomic E-state index is -5.86. The molecule has 1 heterocycles. The third kappa shape index (κ3) is 4.30. The molecule has 0 saturated carbocycles. The van der Waals surface area contributed by atoms with Crippen molar-refractivity contribution in [2.75, 3.05) is 13.2 Å². The van der Waals surface area contributed by atoms with Crippen molar-refractivity contribution < 1.29 is 35.9 Å². The van der Waals surface area contributed by atoms with E-state index in [4.69, 9.17) is 15.3 Å². The highest BCUT2D eigenvalue weighted by atomic mass is 32.2. The molecule has 1 rings (SSSR count). The van der Waals surface area contributed by atoms with Crippen LogP contribution < -0.4 is 5.84 Å². The van der Waals surface area contributed by atoms with E-state index in [1.165, 1.54) is 6.92 Å². The van der Waals surface area contributed by atoms with Crippen molar-refractivity contribution in [3.8, 4) is 0 Å². The molecule has 0 aliphatic carbocycles. The number of alkyl halides is 3. The van der Waals surface area contributed by atoms with Gasteiger partial charge in [-0.2, -0.15) is 26.0 Å². The number of amides is 1. The van der Waals surface area contributed by atoms with Gasteiger partial charge in [0.2, 0.25) is 0 Å². The first kappa shape index (κ1) is 16.1. The summed E-state index contributed by atoms with van der Waals surface area (Å²) in [5.74, 6) is 3.29. The zero-order valence-corrected chi connectivity index (χ0v) is 10.7. The van der Waals surface area contributed by atoms with Crippen molar-refractivity contribution in [1.29, 1.82) is 0 Å². The van der Waals surface area contributed by atoms with Crippen molar-refractivity contribution in [2.45, 2.75) is 31.1 Å². The molecule has 11 heteroatoms. The molecule has 1 aliphatic heterocycles. The van der Waals surface area contributed by atoms with Gasteiger partial charge in [0.25, 0.3) is 5.91 Å². The number of rotatable bonds is 6. The first-order valence-electron chi connectivity index (χ1n) is 5.18. The summed E-state index contributed by atoms with van der Waals surface area (Å²) in [6.45, 7) is 2.12. The van der Waals surface area contributed by atoms with E-state index in [0.29, 0.717) is 6.61 Å². The van der Waals surface area contributed by atoms with Crippen molar-refractivity contribution in [3.63, 3.8) is 0 Å². The number of nitrogens with zero attached hydrogens (tertiary/aromatic N) is 1. The quantitative estimate of drug-likeness (QED) is 0.314. The third-order valence-electron chi connectivity index (χ3n) is 2.23. The summed E-state index contributed by atoms with van der Waals surface area (Å²) < 4.78 is 67.2. The van der Waals surface area contributed by atoms with Crippen molar-refractivity contribution in [3.05, 3.63) is 0 Å². The SMILES string of the molecule is CC(CC(=O)N(N)S(=O)(=O)C(F)(F)F)OCC1CO1. The van der Waals surface area contributed by atoms with Gasteiger partial charge in [0.05, 0.1) is 25.7 Å². The van der Waals surface area contributed by atoms with Crippen LogP contribution in [0.25, 0.3) is 0 Å². The Morgan fingerprint density at radius 2 is 2.11 bits per heavy atom. The van der Waals surface area contributed by atoms with Crippen LogP contribution in [-0.2, 0) is 24.3 Å². The van der Waals surface area contributed by atoms with Crippen LogP contribution in [0.1, 0.15) is 13.3 Å². The third-order valence-corrected chi connectivity index (χ3v) is 3.53. The largest absolute Gasteiger partial charge is 0.518 e. The normalized spacial score (nSPS) is 21.0. The average molecular weight is 306 g/mol. The van der Waals surface area contributed by atoms with Gasteiger partial charge in [-0.25, -0.2) is 5.84 Å². The molecule has 7 nitrogen and oxygen atoms in total. The fourth-order valence-electron chi connectivity index (χ4n) is 1.08. The molecule has 0 radical (unpaired) electrons. The second-order valence-electron chi connectivity index (χ2n) is 3.94. The summed E-state index contributed by atoms with van der Waals surface area (Å²) in [7, 11) is -5.86. The highest BCUT2D eigenvalue weighted by molar-refractivity contribution is 7.90. The number of carbonyl (C=O) groups is 1. The highest BCUT2D eigenvalue weighted by Crippen LogP contribution is 2.25. The molecule has 0 aromatic heterocycles. The van der Waals surface area contributed by atoms with Gasteiger partial charge in [-0.15, -0.1) is 0 Å². The second kappa shape index (κ2) is 5.61. The molecule has 1 amide bonds. The van der Waals surface area contributed by atoms with Crippen LogP contribution in [0.3, 0.4) is 0 Å². The molecule has 0 spiro atoms. The van der Waals surface area contributed by atoms with E-state index in [9.17, 15) is 26.4 Å². The fraction of sp³-hybridized carbons (Fsp3) is 0.875. The second-order valence-corrected chi connectivity index (χ2v) is 5.75. The smallest absolute Gasteiger partial charge is 0.375 e. The number of nitrogens with two attached hydrogens (primary N) is 1. The Kier molecular flexibility index (Phi) is 4.76. The molecular weight excluding hydrogens is 293 g/mol. The maximum Gasteiger partial charge on any atom is 0.518 e. The van der Waals surface area contributed by atoms with Gasteiger partial charge in [-0.05, 0) is 6.92 Å². The summed E-state index contributed by atoms with van der Waals surface area (Å²) in [5.41, 5.74) is -5.62. The Morgan fingerprint density at radius 1 is 1.58 bits per heavy atom. The standard InChI is InChI=1S/C8H13F3N2O5S/c1-5(17-3-6-4-18-6)2-7(14)13(12)19(15,16)8(9,10)11/h5-6H,2-4,12H2,1H3. The van der Waals surface area contributed by atoms with Gasteiger partial charge in [0.15, 0.2) is 0 Å². The van der Waals surface area contributed by atoms with Crippen LogP contribution in [0.15, 0.2) is 0 Å². The number of halogens is 3. The minimum Gasteiger partial charge on any atom is -0.375 e. The van der Waals surface area contributed by atoms with E-state index < -0.39 is 38.4 Å². The first-order chi connectivity index (χ1) is 8.55. The minimum absolute atomic E-state index is 0.0783. The van der Waals surface area contributed by atoms with Gasteiger partial charge in [0.1, 0.15) is 6.10 Å². The molecule has 112 valence electrons. The first-order valence-corrected chi connectivity index (χ1v) is 6.62. The summed E-state index contributed by atoms with van der Waals surface area (Å²) in [5, 5.41) is 0. The van der Waals surface area contributed by atoms with E-state index in [0.717, 1.165) is 0 Å². The predicted octanol–water partition coefficient (Wildman–Crippen LogP) is -0.268. The molecule has 0 aromatic carbocycles. The number of ether oxygens (including phenoxy) is 2. The van der Waals surface area contributed by atoms with E-state index in [-0.39, 0.29) is 12.7 Å². The van der Waals surface area contributed by atoms with Crippen LogP contribution in [-0.4, -0.2) is 49.7 Å². The number of hydrazine groups is 1. The van der Waals surface area contributed by atoms with Gasteiger partial charge in [-0.3, -0.25) is 4.79 Å². The van der Waals surface area contributed by atoms with Gasteiger partial charge in [-0.1, -0.05) is 0 Å². The lowest BCUT2D eigenvalue weighted by Crippen LogP contribution is -2.49. The summed E-state index contributed by atoms with van der Waals surface area (Å²) in [6, 6.07) is 0. The van der Waals surface area contributed by atoms with E-state index in [2.05, 4.69) is 0 Å². The van der Waals surface area contributed by atoms with Crippen molar-refractivity contribution in [2.24, 2.45) is 5.84 Å². The zero-order chi connectivity index (χ0) is 14.8. The Hall–Kier alpha value is -0.910. The summed E-state index contributed by atoms with van der Waals surface area (Å²) >= 11 is 0. The number of hydrogen-bond acceptors (Lipinski definition) is 6. The lowest BCUT2D eigenvalue weighted by Gasteiger charge is -2.20. The van der Waals surface area contributed by atoms with Crippen molar-refractivity contribution >= 4 is 15.9 Å². The molecule has 2 unspecified atom stereocenters. The van der Waals surface area contributed by atoms with E-state index in [1.54, 1.807) is 0 Å². The molecule has 1 aliphatic rings. The maximum atomic E-state index is 12.1. The number of sulfonamides is 1. The van der Waals surface area contributed by atoms with E-state index in [1.807, 2.05) is 0 Å². The van der Waals surface area contributed by atoms with Gasteiger partial charge in [0, 0.05) is 0 Å². The highest BCUT2D eigenvalue weighted by Gasteiger charge is 2.51. The summed E-state index contributed by atoms with van der Waals surface area (Å²) in [6.07, 6.45) is -1.44. The molecule has 1 saturated heterocycles. The van der Waals surface area contributed by atoms with Gasteiger partial charge >= 0.3 is 15.5 Å². The lowest BCUT2D eigenvalue weighted by atomic mass is 10.3. The molecule has 1 fully saturated rings. The molecule has 19 heavy (non-hydrogen) atoms. The number of hydrogen-bond donors (Lipinski definition) is 1. The van der Waals surface area contributed by atoms with Crippen LogP contribution in [0.5, 0.6) is 0 Å². The molecule has 2 atom stereocenters. The molecule has 2 N–H and O–H groups in total. The maximum absolute atomic E-state index is 12.1. The predicted molar refractivity (Wildman–Crippen MR) is 55.8 cm³/mol. The number of epoxide rings is 1. The fourth-order valence-corrected chi connectivity index (χ4v) is 1.64. The Morgan fingerprint density at radius 3 is 2.53 bits per heavy atom.